The summed E-state index contributed by atoms with van der Waals surface area (Å²) >= 11 is 7.84. The molecule has 1 N–H and O–H groups in total. The van der Waals surface area contributed by atoms with E-state index in [-0.39, 0.29) is 22.7 Å². The summed E-state index contributed by atoms with van der Waals surface area (Å²) in [7, 11) is -4.03. The molecule has 0 saturated carbocycles. The van der Waals surface area contributed by atoms with Gasteiger partial charge in [-0.2, -0.15) is 0 Å². The molecule has 0 bridgehead atoms. The number of rotatable bonds is 10. The zero-order chi connectivity index (χ0) is 30.4. The van der Waals surface area contributed by atoms with Gasteiger partial charge in [-0.15, -0.1) is 11.8 Å². The van der Waals surface area contributed by atoms with Gasteiger partial charge in [-0.1, -0.05) is 83.9 Å². The highest BCUT2D eigenvalue weighted by Crippen LogP contribution is 2.31. The second kappa shape index (κ2) is 13.5. The van der Waals surface area contributed by atoms with Gasteiger partial charge in [-0.25, -0.2) is 8.42 Å². The minimum absolute atomic E-state index is 0.0183. The predicted molar refractivity (Wildman–Crippen MR) is 178 cm³/mol. The molecule has 1 amide bonds. The fraction of sp³-hybridized carbons (Fsp3) is 0.114. The van der Waals surface area contributed by atoms with Crippen LogP contribution in [0.3, 0.4) is 0 Å². The third-order valence-corrected chi connectivity index (χ3v) is 10.1. The molecule has 5 aromatic carbocycles. The van der Waals surface area contributed by atoms with Crippen molar-refractivity contribution in [3.63, 3.8) is 0 Å². The van der Waals surface area contributed by atoms with Crippen molar-refractivity contribution in [2.45, 2.75) is 35.9 Å². The standard InChI is InChI=1S/C35H31ClN2O3S2/c1-25-12-19-31(20-13-25)43(40,41)38(23-27-14-17-29(36)18-15-27)34-11-7-6-10-32(34)35(39)37-33-21-16-28(22-26(33)2)24-42-30-8-4-3-5-9-30/h3-22H,23-24H2,1-2H3,(H,37,39). The first-order valence-electron chi connectivity index (χ1n) is 13.7. The van der Waals surface area contributed by atoms with E-state index in [0.717, 1.165) is 28.0 Å². The van der Waals surface area contributed by atoms with E-state index < -0.39 is 15.9 Å². The van der Waals surface area contributed by atoms with E-state index in [1.165, 1.54) is 9.20 Å². The Balaban J connectivity index is 1.44. The van der Waals surface area contributed by atoms with Gasteiger partial charge < -0.3 is 5.32 Å². The second-order valence-corrected chi connectivity index (χ2v) is 13.5. The van der Waals surface area contributed by atoms with E-state index in [1.807, 2.05) is 44.2 Å². The van der Waals surface area contributed by atoms with Crippen molar-refractivity contribution in [1.82, 2.24) is 0 Å². The molecule has 0 spiro atoms. The van der Waals surface area contributed by atoms with E-state index in [2.05, 4.69) is 23.5 Å². The van der Waals surface area contributed by atoms with E-state index in [4.69, 9.17) is 11.6 Å². The van der Waals surface area contributed by atoms with Gasteiger partial charge in [0, 0.05) is 21.4 Å². The number of carbonyl (C=O) groups is 1. The number of aryl methyl sites for hydroxylation is 2. The molecule has 0 heterocycles. The van der Waals surface area contributed by atoms with Crippen molar-refractivity contribution < 1.29 is 13.2 Å². The van der Waals surface area contributed by atoms with Crippen LogP contribution in [0.4, 0.5) is 11.4 Å². The molecule has 5 rings (SSSR count). The maximum Gasteiger partial charge on any atom is 0.264 e. The lowest BCUT2D eigenvalue weighted by Crippen LogP contribution is -2.32. The van der Waals surface area contributed by atoms with Gasteiger partial charge in [0.2, 0.25) is 0 Å². The van der Waals surface area contributed by atoms with E-state index in [0.29, 0.717) is 10.7 Å². The lowest BCUT2D eigenvalue weighted by molar-refractivity contribution is 0.102. The maximum atomic E-state index is 14.1. The van der Waals surface area contributed by atoms with Crippen LogP contribution in [0.5, 0.6) is 0 Å². The van der Waals surface area contributed by atoms with Gasteiger partial charge in [-0.3, -0.25) is 9.10 Å². The number of carbonyl (C=O) groups excluding carboxylic acids is 1. The van der Waals surface area contributed by atoms with E-state index in [9.17, 15) is 13.2 Å². The molecular weight excluding hydrogens is 596 g/mol. The molecule has 0 aliphatic carbocycles. The molecule has 5 nitrogen and oxygen atoms in total. The van der Waals surface area contributed by atoms with Crippen LogP contribution in [0.2, 0.25) is 5.02 Å². The third kappa shape index (κ3) is 7.49. The van der Waals surface area contributed by atoms with E-state index in [1.54, 1.807) is 84.6 Å². The molecule has 0 unspecified atom stereocenters. The van der Waals surface area contributed by atoms with Crippen molar-refractivity contribution in [2.75, 3.05) is 9.62 Å². The molecule has 0 fully saturated rings. The Bertz CT molecular complexity index is 1830. The van der Waals surface area contributed by atoms with Gasteiger partial charge in [0.1, 0.15) is 0 Å². The fourth-order valence-corrected chi connectivity index (χ4v) is 7.06. The minimum Gasteiger partial charge on any atom is -0.322 e. The molecule has 0 saturated heterocycles. The summed E-state index contributed by atoms with van der Waals surface area (Å²) in [5.41, 5.74) is 4.93. The second-order valence-electron chi connectivity index (χ2n) is 10.2. The molecule has 218 valence electrons. The molecule has 0 aromatic heterocycles. The van der Waals surface area contributed by atoms with Crippen LogP contribution < -0.4 is 9.62 Å². The molecule has 0 aliphatic heterocycles. The van der Waals surface area contributed by atoms with Gasteiger partial charge in [0.15, 0.2) is 0 Å². The Morgan fingerprint density at radius 2 is 1.44 bits per heavy atom. The highest BCUT2D eigenvalue weighted by Gasteiger charge is 2.29. The number of anilines is 2. The number of nitrogens with zero attached hydrogens (tertiary/aromatic N) is 1. The fourth-order valence-electron chi connectivity index (χ4n) is 4.60. The summed E-state index contributed by atoms with van der Waals surface area (Å²) in [6.45, 7) is 3.87. The summed E-state index contributed by atoms with van der Waals surface area (Å²) in [6.07, 6.45) is 0. The molecule has 0 atom stereocenters. The smallest absolute Gasteiger partial charge is 0.264 e. The Labute approximate surface area is 262 Å². The number of benzene rings is 5. The largest absolute Gasteiger partial charge is 0.322 e. The summed E-state index contributed by atoms with van der Waals surface area (Å²) in [5.74, 6) is 0.406. The van der Waals surface area contributed by atoms with Crippen molar-refractivity contribution in [3.8, 4) is 0 Å². The van der Waals surface area contributed by atoms with Crippen LogP contribution in [0.15, 0.2) is 131 Å². The Kier molecular flexibility index (Phi) is 9.56. The Hall–Kier alpha value is -4.04. The minimum atomic E-state index is -4.03. The number of hydrogen-bond acceptors (Lipinski definition) is 4. The number of halogens is 1. The first-order valence-corrected chi connectivity index (χ1v) is 16.5. The van der Waals surface area contributed by atoms with Crippen molar-refractivity contribution in [2.24, 2.45) is 0 Å². The van der Waals surface area contributed by atoms with Crippen molar-refractivity contribution >= 4 is 50.7 Å². The molecular formula is C35H31ClN2O3S2. The summed E-state index contributed by atoms with van der Waals surface area (Å²) < 4.78 is 29.4. The first kappa shape index (κ1) is 30.4. The van der Waals surface area contributed by atoms with Gasteiger partial charge in [-0.05, 0) is 85.1 Å². The molecule has 43 heavy (non-hydrogen) atoms. The normalized spacial score (nSPS) is 11.2. The Morgan fingerprint density at radius 1 is 0.791 bits per heavy atom. The average molecular weight is 627 g/mol. The van der Waals surface area contributed by atoms with Crippen LogP contribution in [-0.4, -0.2) is 14.3 Å². The third-order valence-electron chi connectivity index (χ3n) is 6.95. The SMILES string of the molecule is Cc1ccc(S(=O)(=O)N(Cc2ccc(Cl)cc2)c2ccccc2C(=O)Nc2ccc(CSc3ccccc3)cc2C)cc1. The highest BCUT2D eigenvalue weighted by atomic mass is 35.5. The van der Waals surface area contributed by atoms with Crippen LogP contribution in [-0.2, 0) is 22.3 Å². The number of hydrogen-bond donors (Lipinski definition) is 1. The molecule has 8 heteroatoms. The van der Waals surface area contributed by atoms with Crippen LogP contribution >= 0.6 is 23.4 Å². The highest BCUT2D eigenvalue weighted by molar-refractivity contribution is 7.98. The van der Waals surface area contributed by atoms with Crippen molar-refractivity contribution in [1.29, 1.82) is 0 Å². The Morgan fingerprint density at radius 3 is 2.14 bits per heavy atom. The quantitative estimate of drug-likeness (QED) is 0.157. The van der Waals surface area contributed by atoms with Crippen LogP contribution in [0.25, 0.3) is 0 Å². The van der Waals surface area contributed by atoms with Crippen molar-refractivity contribution in [3.05, 3.63) is 154 Å². The topological polar surface area (TPSA) is 66.5 Å². The maximum absolute atomic E-state index is 14.1. The zero-order valence-electron chi connectivity index (χ0n) is 23.8. The zero-order valence-corrected chi connectivity index (χ0v) is 26.2. The monoisotopic (exact) mass is 626 g/mol. The van der Waals surface area contributed by atoms with Gasteiger partial charge in [0.05, 0.1) is 22.7 Å². The summed E-state index contributed by atoms with van der Waals surface area (Å²) in [6, 6.07) is 36.6. The number of para-hydroxylation sites is 1. The van der Waals surface area contributed by atoms with Gasteiger partial charge >= 0.3 is 0 Å². The molecule has 0 aliphatic rings. The number of thioether (sulfide) groups is 1. The molecule has 0 radical (unpaired) electrons. The number of nitrogens with one attached hydrogen (secondary N) is 1. The average Bonchev–Trinajstić information content (AvgIpc) is 3.01. The number of amides is 1. The number of sulfonamides is 1. The predicted octanol–water partition coefficient (Wildman–Crippen LogP) is 8.90. The lowest BCUT2D eigenvalue weighted by Gasteiger charge is -2.27. The first-order chi connectivity index (χ1) is 20.7. The van der Waals surface area contributed by atoms with E-state index >= 15 is 0 Å². The van der Waals surface area contributed by atoms with Gasteiger partial charge in [0.25, 0.3) is 15.9 Å². The van der Waals surface area contributed by atoms with Crippen LogP contribution in [0, 0.1) is 13.8 Å². The van der Waals surface area contributed by atoms with Crippen LogP contribution in [0.1, 0.15) is 32.6 Å². The lowest BCUT2D eigenvalue weighted by atomic mass is 10.1. The summed E-state index contributed by atoms with van der Waals surface area (Å²) in [4.78, 5) is 15.1. The molecule has 5 aromatic rings. The summed E-state index contributed by atoms with van der Waals surface area (Å²) in [5, 5.41) is 3.56.